The monoisotopic (exact) mass is 263 g/mol. The number of nitrogens with zero attached hydrogens (tertiary/aromatic N) is 3. The summed E-state index contributed by atoms with van der Waals surface area (Å²) in [4.78, 5) is 33.3. The van der Waals surface area contributed by atoms with Crippen molar-refractivity contribution in [3.63, 3.8) is 0 Å². The summed E-state index contributed by atoms with van der Waals surface area (Å²) in [6.45, 7) is 4.60. The standard InChI is InChI=1S/C12H17N5O2/c1-9-14-3-2-10(16-9)8-15-11(18)12(19)17-6-4-13-5-7-17/h2-3,13H,4-8H2,1H3,(H,15,18). The summed E-state index contributed by atoms with van der Waals surface area (Å²) >= 11 is 0. The molecule has 2 rings (SSSR count). The van der Waals surface area contributed by atoms with E-state index in [9.17, 15) is 9.59 Å². The number of amides is 2. The molecular weight excluding hydrogens is 246 g/mol. The SMILES string of the molecule is Cc1nccc(CNC(=O)C(=O)N2CCNCC2)n1. The maximum Gasteiger partial charge on any atom is 0.311 e. The van der Waals surface area contributed by atoms with Crippen molar-refractivity contribution in [1.29, 1.82) is 0 Å². The third-order valence-electron chi connectivity index (χ3n) is 2.86. The van der Waals surface area contributed by atoms with Crippen molar-refractivity contribution in [2.75, 3.05) is 26.2 Å². The van der Waals surface area contributed by atoms with Crippen LogP contribution in [0.4, 0.5) is 0 Å². The van der Waals surface area contributed by atoms with Crippen LogP contribution in [0.1, 0.15) is 11.5 Å². The van der Waals surface area contributed by atoms with Crippen LogP contribution in [-0.2, 0) is 16.1 Å². The fraction of sp³-hybridized carbons (Fsp3) is 0.500. The highest BCUT2D eigenvalue weighted by atomic mass is 16.2. The van der Waals surface area contributed by atoms with Gasteiger partial charge in [-0.2, -0.15) is 0 Å². The molecule has 7 heteroatoms. The maximum absolute atomic E-state index is 11.8. The summed E-state index contributed by atoms with van der Waals surface area (Å²) < 4.78 is 0. The molecule has 19 heavy (non-hydrogen) atoms. The number of piperazine rings is 1. The molecule has 0 saturated carbocycles. The van der Waals surface area contributed by atoms with Crippen molar-refractivity contribution in [3.8, 4) is 0 Å². The zero-order valence-electron chi connectivity index (χ0n) is 10.8. The first-order chi connectivity index (χ1) is 9.16. The van der Waals surface area contributed by atoms with Crippen LogP contribution < -0.4 is 10.6 Å². The molecule has 102 valence electrons. The lowest BCUT2D eigenvalue weighted by Crippen LogP contribution is -2.51. The Morgan fingerprint density at radius 1 is 1.42 bits per heavy atom. The van der Waals surface area contributed by atoms with Gasteiger partial charge in [-0.05, 0) is 13.0 Å². The van der Waals surface area contributed by atoms with Crippen molar-refractivity contribution in [2.45, 2.75) is 13.5 Å². The van der Waals surface area contributed by atoms with E-state index in [1.54, 1.807) is 24.1 Å². The van der Waals surface area contributed by atoms with Crippen LogP contribution in [0.3, 0.4) is 0 Å². The summed E-state index contributed by atoms with van der Waals surface area (Å²) in [6, 6.07) is 1.71. The molecule has 1 aliphatic rings. The van der Waals surface area contributed by atoms with Gasteiger partial charge in [0, 0.05) is 32.4 Å². The first kappa shape index (κ1) is 13.4. The molecule has 1 fully saturated rings. The number of nitrogens with one attached hydrogen (secondary N) is 2. The lowest BCUT2D eigenvalue weighted by molar-refractivity contribution is -0.146. The Balaban J connectivity index is 1.85. The lowest BCUT2D eigenvalue weighted by Gasteiger charge is -2.26. The zero-order valence-corrected chi connectivity index (χ0v) is 10.8. The first-order valence-electron chi connectivity index (χ1n) is 6.23. The van der Waals surface area contributed by atoms with Gasteiger partial charge in [0.2, 0.25) is 0 Å². The van der Waals surface area contributed by atoms with E-state index in [0.29, 0.717) is 24.6 Å². The highest BCUT2D eigenvalue weighted by Gasteiger charge is 2.22. The third-order valence-corrected chi connectivity index (χ3v) is 2.86. The average molecular weight is 263 g/mol. The smallest absolute Gasteiger partial charge is 0.311 e. The molecule has 0 unspecified atom stereocenters. The van der Waals surface area contributed by atoms with Crippen molar-refractivity contribution < 1.29 is 9.59 Å². The topological polar surface area (TPSA) is 87.2 Å². The van der Waals surface area contributed by atoms with E-state index in [1.807, 2.05) is 0 Å². The number of carbonyl (C=O) groups is 2. The lowest BCUT2D eigenvalue weighted by atomic mass is 10.3. The fourth-order valence-corrected chi connectivity index (χ4v) is 1.86. The van der Waals surface area contributed by atoms with E-state index in [0.717, 1.165) is 13.1 Å². The van der Waals surface area contributed by atoms with E-state index in [1.165, 1.54) is 0 Å². The summed E-state index contributed by atoms with van der Waals surface area (Å²) in [5, 5.41) is 5.71. The molecule has 0 bridgehead atoms. The second-order valence-electron chi connectivity index (χ2n) is 4.32. The minimum absolute atomic E-state index is 0.236. The predicted molar refractivity (Wildman–Crippen MR) is 68.1 cm³/mol. The number of rotatable bonds is 2. The third kappa shape index (κ3) is 3.72. The van der Waals surface area contributed by atoms with Crippen LogP contribution in [0.2, 0.25) is 0 Å². The predicted octanol–water partition coefficient (Wildman–Crippen LogP) is -1.17. The van der Waals surface area contributed by atoms with E-state index in [-0.39, 0.29) is 6.54 Å². The number of hydrogen-bond acceptors (Lipinski definition) is 5. The van der Waals surface area contributed by atoms with Gasteiger partial charge < -0.3 is 15.5 Å². The van der Waals surface area contributed by atoms with Gasteiger partial charge in [-0.25, -0.2) is 9.97 Å². The van der Waals surface area contributed by atoms with Crippen LogP contribution in [0, 0.1) is 6.92 Å². The van der Waals surface area contributed by atoms with Gasteiger partial charge in [-0.1, -0.05) is 0 Å². The largest absolute Gasteiger partial charge is 0.342 e. The second-order valence-corrected chi connectivity index (χ2v) is 4.32. The Labute approximate surface area is 111 Å². The molecule has 0 aromatic carbocycles. The van der Waals surface area contributed by atoms with Crippen molar-refractivity contribution >= 4 is 11.8 Å². The van der Waals surface area contributed by atoms with Crippen LogP contribution in [0.25, 0.3) is 0 Å². The van der Waals surface area contributed by atoms with Gasteiger partial charge in [0.05, 0.1) is 12.2 Å². The van der Waals surface area contributed by atoms with E-state index in [2.05, 4.69) is 20.6 Å². The van der Waals surface area contributed by atoms with Gasteiger partial charge >= 0.3 is 11.8 Å². The number of aromatic nitrogens is 2. The molecule has 2 amide bonds. The number of carbonyl (C=O) groups excluding carboxylic acids is 2. The Bertz CT molecular complexity index is 471. The summed E-state index contributed by atoms with van der Waals surface area (Å²) in [6.07, 6.45) is 1.63. The second kappa shape index (κ2) is 6.24. The van der Waals surface area contributed by atoms with Crippen LogP contribution in [-0.4, -0.2) is 52.9 Å². The van der Waals surface area contributed by atoms with Gasteiger partial charge in [0.15, 0.2) is 0 Å². The molecule has 1 aromatic rings. The molecule has 7 nitrogen and oxygen atoms in total. The summed E-state index contributed by atoms with van der Waals surface area (Å²) in [5.41, 5.74) is 0.689. The highest BCUT2D eigenvalue weighted by Crippen LogP contribution is 1.96. The number of aryl methyl sites for hydroxylation is 1. The Kier molecular flexibility index (Phi) is 4.40. The van der Waals surface area contributed by atoms with Gasteiger partial charge in [0.25, 0.3) is 0 Å². The maximum atomic E-state index is 11.8. The van der Waals surface area contributed by atoms with E-state index < -0.39 is 11.8 Å². The Hall–Kier alpha value is -2.02. The first-order valence-corrected chi connectivity index (χ1v) is 6.23. The van der Waals surface area contributed by atoms with Gasteiger partial charge in [-0.3, -0.25) is 9.59 Å². The molecule has 0 aliphatic carbocycles. The normalized spacial score (nSPS) is 15.1. The highest BCUT2D eigenvalue weighted by molar-refractivity contribution is 6.34. The molecule has 1 aromatic heterocycles. The summed E-state index contributed by atoms with van der Waals surface area (Å²) in [7, 11) is 0. The average Bonchev–Trinajstić information content (AvgIpc) is 2.45. The Morgan fingerprint density at radius 2 is 2.16 bits per heavy atom. The van der Waals surface area contributed by atoms with E-state index in [4.69, 9.17) is 0 Å². The number of hydrogen-bond donors (Lipinski definition) is 2. The van der Waals surface area contributed by atoms with Gasteiger partial charge in [-0.15, -0.1) is 0 Å². The van der Waals surface area contributed by atoms with E-state index >= 15 is 0 Å². The molecule has 0 radical (unpaired) electrons. The van der Waals surface area contributed by atoms with Crippen molar-refractivity contribution in [3.05, 3.63) is 23.8 Å². The van der Waals surface area contributed by atoms with Crippen LogP contribution in [0.15, 0.2) is 12.3 Å². The molecule has 1 aliphatic heterocycles. The molecule has 0 atom stereocenters. The van der Waals surface area contributed by atoms with Crippen LogP contribution in [0.5, 0.6) is 0 Å². The molecule has 2 heterocycles. The minimum Gasteiger partial charge on any atom is -0.342 e. The fourth-order valence-electron chi connectivity index (χ4n) is 1.86. The molecule has 0 spiro atoms. The zero-order chi connectivity index (χ0) is 13.7. The Morgan fingerprint density at radius 3 is 2.84 bits per heavy atom. The quantitative estimate of drug-likeness (QED) is 0.657. The molecule has 1 saturated heterocycles. The minimum atomic E-state index is -0.585. The van der Waals surface area contributed by atoms with Gasteiger partial charge in [0.1, 0.15) is 5.82 Å². The summed E-state index contributed by atoms with van der Waals surface area (Å²) in [5.74, 6) is -0.425. The van der Waals surface area contributed by atoms with Crippen molar-refractivity contribution in [1.82, 2.24) is 25.5 Å². The van der Waals surface area contributed by atoms with Crippen molar-refractivity contribution in [2.24, 2.45) is 0 Å². The van der Waals surface area contributed by atoms with Crippen LogP contribution >= 0.6 is 0 Å². The molecule has 2 N–H and O–H groups in total. The molecular formula is C12H17N5O2.